The molecular weight excluding hydrogens is 238 g/mol. The Bertz CT molecular complexity index is 470. The summed E-state index contributed by atoms with van der Waals surface area (Å²) in [6.07, 6.45) is 2.71. The molecule has 1 saturated heterocycles. The smallest absolute Gasteiger partial charge is 0.320 e. The van der Waals surface area contributed by atoms with Crippen LogP contribution in [0.1, 0.15) is 48.9 Å². The topological polar surface area (TPSA) is 40.5 Å². The fourth-order valence-corrected chi connectivity index (χ4v) is 3.26. The molecule has 1 aliphatic heterocycles. The Morgan fingerprint density at radius 1 is 1.47 bits per heavy atom. The van der Waals surface area contributed by atoms with E-state index in [4.69, 9.17) is 0 Å². The maximum absolute atomic E-state index is 11.4. The van der Waals surface area contributed by atoms with Crippen molar-refractivity contribution in [1.29, 1.82) is 0 Å². The molecule has 0 amide bonds. The minimum absolute atomic E-state index is 0.226. The fourth-order valence-electron chi connectivity index (χ4n) is 3.26. The van der Waals surface area contributed by atoms with Gasteiger partial charge >= 0.3 is 5.97 Å². The van der Waals surface area contributed by atoms with Gasteiger partial charge in [0.05, 0.1) is 0 Å². The van der Waals surface area contributed by atoms with Crippen molar-refractivity contribution in [3.63, 3.8) is 0 Å². The van der Waals surface area contributed by atoms with E-state index in [1.807, 2.05) is 0 Å². The summed E-state index contributed by atoms with van der Waals surface area (Å²) in [5, 5.41) is 9.35. The van der Waals surface area contributed by atoms with Crippen LogP contribution in [0, 0.1) is 13.8 Å². The van der Waals surface area contributed by atoms with Crippen molar-refractivity contribution in [2.24, 2.45) is 0 Å². The van der Waals surface area contributed by atoms with Crippen molar-refractivity contribution < 1.29 is 9.90 Å². The maximum Gasteiger partial charge on any atom is 0.320 e. The molecule has 1 N–H and O–H groups in total. The molecule has 1 fully saturated rings. The van der Waals surface area contributed by atoms with E-state index in [9.17, 15) is 9.90 Å². The molecule has 2 unspecified atom stereocenters. The van der Waals surface area contributed by atoms with Crippen LogP contribution in [-0.2, 0) is 4.79 Å². The average Bonchev–Trinajstić information content (AvgIpc) is 2.82. The van der Waals surface area contributed by atoms with Crippen LogP contribution in [0.3, 0.4) is 0 Å². The minimum atomic E-state index is -0.680. The van der Waals surface area contributed by atoms with Gasteiger partial charge in [0.15, 0.2) is 0 Å². The Morgan fingerprint density at radius 2 is 2.21 bits per heavy atom. The highest BCUT2D eigenvalue weighted by Gasteiger charge is 2.35. The predicted octanol–water partition coefficient (Wildman–Crippen LogP) is 3.30. The zero-order valence-electron chi connectivity index (χ0n) is 12.0. The monoisotopic (exact) mass is 261 g/mol. The van der Waals surface area contributed by atoms with E-state index < -0.39 is 5.97 Å². The second kappa shape index (κ2) is 5.74. The molecular formula is C16H23NO2. The van der Waals surface area contributed by atoms with Gasteiger partial charge in [0.1, 0.15) is 6.04 Å². The third-order valence-electron chi connectivity index (χ3n) is 4.15. The van der Waals surface area contributed by atoms with Crippen molar-refractivity contribution in [1.82, 2.24) is 4.90 Å². The lowest BCUT2D eigenvalue weighted by atomic mass is 9.96. The molecule has 0 aromatic heterocycles. The van der Waals surface area contributed by atoms with Crippen molar-refractivity contribution in [2.75, 3.05) is 6.54 Å². The van der Waals surface area contributed by atoms with E-state index in [0.717, 1.165) is 25.8 Å². The average molecular weight is 261 g/mol. The van der Waals surface area contributed by atoms with Gasteiger partial charge in [-0.1, -0.05) is 30.7 Å². The Hall–Kier alpha value is -1.35. The molecule has 2 atom stereocenters. The Kier molecular flexibility index (Phi) is 4.25. The molecule has 0 saturated carbocycles. The van der Waals surface area contributed by atoms with Gasteiger partial charge < -0.3 is 5.11 Å². The largest absolute Gasteiger partial charge is 0.480 e. The van der Waals surface area contributed by atoms with Crippen LogP contribution in [0.25, 0.3) is 0 Å². The van der Waals surface area contributed by atoms with Gasteiger partial charge in [-0.05, 0) is 50.8 Å². The number of aryl methyl sites for hydroxylation is 2. The lowest BCUT2D eigenvalue weighted by Gasteiger charge is -2.31. The van der Waals surface area contributed by atoms with Crippen molar-refractivity contribution in [2.45, 2.75) is 52.1 Å². The lowest BCUT2D eigenvalue weighted by Crippen LogP contribution is -2.38. The Morgan fingerprint density at radius 3 is 2.79 bits per heavy atom. The number of rotatable bonds is 4. The number of carboxylic acid groups (broad SMARTS) is 1. The summed E-state index contributed by atoms with van der Waals surface area (Å²) in [5.74, 6) is -0.680. The van der Waals surface area contributed by atoms with Gasteiger partial charge in [0, 0.05) is 6.04 Å². The second-order valence-electron chi connectivity index (χ2n) is 5.52. The minimum Gasteiger partial charge on any atom is -0.480 e. The third-order valence-corrected chi connectivity index (χ3v) is 4.15. The van der Waals surface area contributed by atoms with Gasteiger partial charge in [0.25, 0.3) is 0 Å². The molecule has 3 heteroatoms. The molecule has 104 valence electrons. The van der Waals surface area contributed by atoms with E-state index >= 15 is 0 Å². The summed E-state index contributed by atoms with van der Waals surface area (Å²) in [5.41, 5.74) is 3.80. The normalized spacial score (nSPS) is 21.5. The van der Waals surface area contributed by atoms with E-state index in [-0.39, 0.29) is 12.1 Å². The molecule has 1 aliphatic rings. The molecule has 0 bridgehead atoms. The molecule has 0 aliphatic carbocycles. The van der Waals surface area contributed by atoms with Crippen LogP contribution in [0.2, 0.25) is 0 Å². The van der Waals surface area contributed by atoms with Crippen LogP contribution in [0.5, 0.6) is 0 Å². The van der Waals surface area contributed by atoms with E-state index in [1.165, 1.54) is 16.7 Å². The first-order valence-electron chi connectivity index (χ1n) is 7.10. The van der Waals surface area contributed by atoms with Crippen molar-refractivity contribution in [3.05, 3.63) is 34.9 Å². The van der Waals surface area contributed by atoms with E-state index in [0.29, 0.717) is 0 Å². The third kappa shape index (κ3) is 2.81. The van der Waals surface area contributed by atoms with E-state index in [2.05, 4.69) is 43.9 Å². The number of aliphatic carboxylic acids is 1. The van der Waals surface area contributed by atoms with Gasteiger partial charge in [-0.15, -0.1) is 0 Å². The molecule has 1 heterocycles. The summed E-state index contributed by atoms with van der Waals surface area (Å²) >= 11 is 0. The SMILES string of the molecule is CCC(c1ccc(C)cc1C)N1CCCC1C(=O)O. The maximum atomic E-state index is 11.4. The highest BCUT2D eigenvalue weighted by atomic mass is 16.4. The van der Waals surface area contributed by atoms with Gasteiger partial charge in [-0.25, -0.2) is 0 Å². The number of hydrogen-bond acceptors (Lipinski definition) is 2. The molecule has 1 aromatic carbocycles. The highest BCUT2D eigenvalue weighted by Crippen LogP contribution is 2.33. The molecule has 0 radical (unpaired) electrons. The van der Waals surface area contributed by atoms with Crippen LogP contribution < -0.4 is 0 Å². The van der Waals surface area contributed by atoms with Gasteiger partial charge in [-0.3, -0.25) is 9.69 Å². The number of carboxylic acids is 1. The first-order valence-corrected chi connectivity index (χ1v) is 7.10. The molecule has 19 heavy (non-hydrogen) atoms. The lowest BCUT2D eigenvalue weighted by molar-refractivity contribution is -0.143. The number of hydrogen-bond donors (Lipinski definition) is 1. The quantitative estimate of drug-likeness (QED) is 0.904. The Labute approximate surface area is 115 Å². The Balaban J connectivity index is 2.31. The number of nitrogens with zero attached hydrogens (tertiary/aromatic N) is 1. The molecule has 3 nitrogen and oxygen atoms in total. The van der Waals surface area contributed by atoms with Gasteiger partial charge in [-0.2, -0.15) is 0 Å². The first kappa shape index (κ1) is 14.1. The van der Waals surface area contributed by atoms with Crippen LogP contribution in [-0.4, -0.2) is 28.6 Å². The van der Waals surface area contributed by atoms with Crippen LogP contribution >= 0.6 is 0 Å². The summed E-state index contributed by atoms with van der Waals surface area (Å²) < 4.78 is 0. The summed E-state index contributed by atoms with van der Waals surface area (Å²) in [4.78, 5) is 13.5. The summed E-state index contributed by atoms with van der Waals surface area (Å²) in [6.45, 7) is 7.24. The standard InChI is InChI=1S/C16H23NO2/c1-4-14(13-8-7-11(2)10-12(13)3)17-9-5-6-15(17)16(18)19/h7-8,10,14-15H,4-6,9H2,1-3H3,(H,18,19). The number of likely N-dealkylation sites (tertiary alicyclic amines) is 1. The van der Waals surface area contributed by atoms with Gasteiger partial charge in [0.2, 0.25) is 0 Å². The second-order valence-corrected chi connectivity index (χ2v) is 5.52. The number of carbonyl (C=O) groups is 1. The van der Waals surface area contributed by atoms with Crippen LogP contribution in [0.4, 0.5) is 0 Å². The molecule has 1 aromatic rings. The predicted molar refractivity (Wildman–Crippen MR) is 76.3 cm³/mol. The zero-order chi connectivity index (χ0) is 14.0. The number of benzene rings is 1. The summed E-state index contributed by atoms with van der Waals surface area (Å²) in [7, 11) is 0. The molecule has 2 rings (SSSR count). The van der Waals surface area contributed by atoms with Crippen molar-refractivity contribution in [3.8, 4) is 0 Å². The van der Waals surface area contributed by atoms with E-state index in [1.54, 1.807) is 0 Å². The fraction of sp³-hybridized carbons (Fsp3) is 0.562. The molecule has 0 spiro atoms. The highest BCUT2D eigenvalue weighted by molar-refractivity contribution is 5.74. The first-order chi connectivity index (χ1) is 9.04. The zero-order valence-corrected chi connectivity index (χ0v) is 12.0. The van der Waals surface area contributed by atoms with Crippen LogP contribution in [0.15, 0.2) is 18.2 Å². The summed E-state index contributed by atoms with van der Waals surface area (Å²) in [6, 6.07) is 6.38. The van der Waals surface area contributed by atoms with Crippen molar-refractivity contribution >= 4 is 5.97 Å².